The summed E-state index contributed by atoms with van der Waals surface area (Å²) in [5.41, 5.74) is 1.35. The van der Waals surface area contributed by atoms with Gasteiger partial charge in [-0.1, -0.05) is 12.1 Å². The lowest BCUT2D eigenvalue weighted by Crippen LogP contribution is -2.06. The van der Waals surface area contributed by atoms with Gasteiger partial charge in [-0.25, -0.2) is 9.18 Å². The van der Waals surface area contributed by atoms with E-state index in [9.17, 15) is 9.18 Å². The molecule has 0 aliphatic carbocycles. The maximum absolute atomic E-state index is 13.6. The molecule has 0 aliphatic heterocycles. The van der Waals surface area contributed by atoms with Gasteiger partial charge in [-0.15, -0.1) is 0 Å². The molecule has 2 rings (SSSR count). The second-order valence-electron chi connectivity index (χ2n) is 4.30. The van der Waals surface area contributed by atoms with Crippen molar-refractivity contribution >= 4 is 17.3 Å². The molecule has 0 spiro atoms. The van der Waals surface area contributed by atoms with Crippen LogP contribution in [0.2, 0.25) is 0 Å². The number of nitrogens with one attached hydrogen (secondary N) is 1. The van der Waals surface area contributed by atoms with Crippen LogP contribution in [0.5, 0.6) is 5.75 Å². The fourth-order valence-corrected chi connectivity index (χ4v) is 1.91. The average Bonchev–Trinajstić information content (AvgIpc) is 2.38. The Hall–Kier alpha value is -2.56. The maximum Gasteiger partial charge on any atom is 0.340 e. The highest BCUT2D eigenvalue weighted by Gasteiger charge is 2.16. The van der Waals surface area contributed by atoms with Crippen LogP contribution in [0.4, 0.5) is 15.8 Å². The van der Waals surface area contributed by atoms with Gasteiger partial charge >= 0.3 is 5.97 Å². The molecular weight excluding hydrogens is 261 g/mol. The molecular formula is C15H14FNO3. The van der Waals surface area contributed by atoms with Crippen LogP contribution in [0.15, 0.2) is 36.4 Å². The number of carbonyl (C=O) groups is 1. The summed E-state index contributed by atoms with van der Waals surface area (Å²) >= 11 is 0. The smallest absolute Gasteiger partial charge is 0.340 e. The number of carboxylic acids is 1. The molecule has 0 heterocycles. The fraction of sp³-hybridized carbons (Fsp3) is 0.133. The molecule has 0 bridgehead atoms. The molecule has 2 aromatic rings. The standard InChI is InChI=1S/C15H14FNO3/c1-9-6-7-13(20-2)12(8-9)17-11-5-3-4-10(16)14(11)15(18)19/h3-8,17H,1-2H3,(H,18,19). The number of aromatic carboxylic acids is 1. The first kappa shape index (κ1) is 13.9. The molecule has 0 atom stereocenters. The minimum absolute atomic E-state index is 0.182. The van der Waals surface area contributed by atoms with Crippen molar-refractivity contribution in [2.45, 2.75) is 6.92 Å². The predicted molar refractivity (Wildman–Crippen MR) is 74.4 cm³/mol. The molecule has 0 saturated carbocycles. The van der Waals surface area contributed by atoms with Crippen LogP contribution in [-0.2, 0) is 0 Å². The van der Waals surface area contributed by atoms with E-state index in [2.05, 4.69) is 5.32 Å². The van der Waals surface area contributed by atoms with Crippen molar-refractivity contribution in [3.05, 3.63) is 53.3 Å². The largest absolute Gasteiger partial charge is 0.495 e. The molecule has 0 saturated heterocycles. The molecule has 104 valence electrons. The van der Waals surface area contributed by atoms with Crippen LogP contribution in [-0.4, -0.2) is 18.2 Å². The second-order valence-corrected chi connectivity index (χ2v) is 4.30. The van der Waals surface area contributed by atoms with Crippen molar-refractivity contribution in [3.63, 3.8) is 0 Å². The zero-order chi connectivity index (χ0) is 14.7. The minimum atomic E-state index is -1.32. The monoisotopic (exact) mass is 275 g/mol. The fourth-order valence-electron chi connectivity index (χ4n) is 1.91. The first-order valence-electron chi connectivity index (χ1n) is 5.96. The van der Waals surface area contributed by atoms with Crippen molar-refractivity contribution < 1.29 is 19.0 Å². The van der Waals surface area contributed by atoms with Gasteiger partial charge in [0.25, 0.3) is 0 Å². The van der Waals surface area contributed by atoms with E-state index >= 15 is 0 Å². The zero-order valence-electron chi connectivity index (χ0n) is 11.1. The third kappa shape index (κ3) is 2.71. The van der Waals surface area contributed by atoms with Crippen LogP contribution in [0.1, 0.15) is 15.9 Å². The molecule has 5 heteroatoms. The Kier molecular flexibility index (Phi) is 3.89. The first-order valence-corrected chi connectivity index (χ1v) is 5.96. The van der Waals surface area contributed by atoms with Gasteiger partial charge in [-0.05, 0) is 36.8 Å². The summed E-state index contributed by atoms with van der Waals surface area (Å²) in [5.74, 6) is -1.55. The van der Waals surface area contributed by atoms with Crippen LogP contribution in [0.25, 0.3) is 0 Å². The van der Waals surface area contributed by atoms with Crippen molar-refractivity contribution in [1.29, 1.82) is 0 Å². The van der Waals surface area contributed by atoms with Crippen LogP contribution >= 0.6 is 0 Å². The molecule has 2 N–H and O–H groups in total. The zero-order valence-corrected chi connectivity index (χ0v) is 11.1. The van der Waals surface area contributed by atoms with Crippen LogP contribution in [0, 0.1) is 12.7 Å². The van der Waals surface area contributed by atoms with E-state index in [4.69, 9.17) is 9.84 Å². The molecule has 20 heavy (non-hydrogen) atoms. The van der Waals surface area contributed by atoms with Crippen molar-refractivity contribution in [3.8, 4) is 5.75 Å². The Morgan fingerprint density at radius 3 is 2.65 bits per heavy atom. The summed E-state index contributed by atoms with van der Waals surface area (Å²) in [6.07, 6.45) is 0. The van der Waals surface area contributed by atoms with Crippen LogP contribution in [0.3, 0.4) is 0 Å². The van der Waals surface area contributed by atoms with Gasteiger partial charge in [0, 0.05) is 0 Å². The van der Waals surface area contributed by atoms with E-state index in [0.717, 1.165) is 11.6 Å². The average molecular weight is 275 g/mol. The number of benzene rings is 2. The lowest BCUT2D eigenvalue weighted by Gasteiger charge is -2.14. The van der Waals surface area contributed by atoms with E-state index in [1.54, 1.807) is 12.1 Å². The normalized spacial score (nSPS) is 10.2. The maximum atomic E-state index is 13.6. The van der Waals surface area contributed by atoms with Crippen molar-refractivity contribution in [1.82, 2.24) is 0 Å². The van der Waals surface area contributed by atoms with Gasteiger partial charge < -0.3 is 15.2 Å². The number of rotatable bonds is 4. The number of halogens is 1. The Balaban J connectivity index is 2.48. The quantitative estimate of drug-likeness (QED) is 0.895. The van der Waals surface area contributed by atoms with Crippen LogP contribution < -0.4 is 10.1 Å². The molecule has 0 fully saturated rings. The van der Waals surface area contributed by atoms with E-state index in [1.807, 2.05) is 13.0 Å². The summed E-state index contributed by atoms with van der Waals surface area (Å²) in [5, 5.41) is 12.0. The first-order chi connectivity index (χ1) is 9.52. The molecule has 0 aliphatic rings. The molecule has 0 amide bonds. The van der Waals surface area contributed by atoms with Gasteiger partial charge in [-0.3, -0.25) is 0 Å². The highest BCUT2D eigenvalue weighted by Crippen LogP contribution is 2.30. The molecule has 4 nitrogen and oxygen atoms in total. The lowest BCUT2D eigenvalue weighted by atomic mass is 10.1. The highest BCUT2D eigenvalue weighted by molar-refractivity contribution is 5.95. The Morgan fingerprint density at radius 1 is 1.25 bits per heavy atom. The molecule has 0 unspecified atom stereocenters. The number of ether oxygens (including phenoxy) is 1. The van der Waals surface area contributed by atoms with Crippen molar-refractivity contribution in [2.75, 3.05) is 12.4 Å². The number of anilines is 2. The summed E-state index contributed by atoms with van der Waals surface area (Å²) in [6.45, 7) is 1.90. The van der Waals surface area contributed by atoms with E-state index < -0.39 is 17.3 Å². The highest BCUT2D eigenvalue weighted by atomic mass is 19.1. The second kappa shape index (κ2) is 5.61. The summed E-state index contributed by atoms with van der Waals surface area (Å²) in [4.78, 5) is 11.1. The van der Waals surface area contributed by atoms with Gasteiger partial charge in [-0.2, -0.15) is 0 Å². The Bertz CT molecular complexity index is 656. The van der Waals surface area contributed by atoms with E-state index in [-0.39, 0.29) is 5.69 Å². The number of hydrogen-bond acceptors (Lipinski definition) is 3. The predicted octanol–water partition coefficient (Wildman–Crippen LogP) is 3.58. The van der Waals surface area contributed by atoms with Crippen molar-refractivity contribution in [2.24, 2.45) is 0 Å². The Morgan fingerprint density at radius 2 is 2.00 bits per heavy atom. The summed E-state index contributed by atoms with van der Waals surface area (Å²) < 4.78 is 18.8. The number of hydrogen-bond donors (Lipinski definition) is 2. The Labute approximate surface area is 115 Å². The summed E-state index contributed by atoms with van der Waals surface area (Å²) in [7, 11) is 1.51. The SMILES string of the molecule is COc1ccc(C)cc1Nc1cccc(F)c1C(=O)O. The molecule has 0 radical (unpaired) electrons. The number of aryl methyl sites for hydroxylation is 1. The third-order valence-corrected chi connectivity index (χ3v) is 2.85. The topological polar surface area (TPSA) is 58.6 Å². The van der Waals surface area contributed by atoms with Gasteiger partial charge in [0.15, 0.2) is 0 Å². The minimum Gasteiger partial charge on any atom is -0.495 e. The summed E-state index contributed by atoms with van der Waals surface area (Å²) in [6, 6.07) is 9.50. The van der Waals surface area contributed by atoms with Gasteiger partial charge in [0.05, 0.1) is 18.5 Å². The van der Waals surface area contributed by atoms with Gasteiger partial charge in [0.1, 0.15) is 17.1 Å². The van der Waals surface area contributed by atoms with Gasteiger partial charge in [0.2, 0.25) is 0 Å². The lowest BCUT2D eigenvalue weighted by molar-refractivity contribution is 0.0693. The number of methoxy groups -OCH3 is 1. The van der Waals surface area contributed by atoms with E-state index in [1.165, 1.54) is 19.2 Å². The molecule has 2 aromatic carbocycles. The molecule has 0 aromatic heterocycles. The number of carboxylic acid groups (broad SMARTS) is 1. The van der Waals surface area contributed by atoms with E-state index in [0.29, 0.717) is 11.4 Å². The third-order valence-electron chi connectivity index (χ3n) is 2.85.